The second-order valence-electron chi connectivity index (χ2n) is 0.115. The van der Waals surface area contributed by atoms with Crippen molar-refractivity contribution < 1.29 is 61.4 Å². The minimum absolute atomic E-state index is 0. The third-order valence-corrected chi connectivity index (χ3v) is 0. The SMILES string of the molecule is I.O[B-]O.[K+]. The van der Waals surface area contributed by atoms with Gasteiger partial charge in [0.05, 0.1) is 0 Å². The van der Waals surface area contributed by atoms with E-state index >= 15 is 0 Å². The van der Waals surface area contributed by atoms with Gasteiger partial charge in [-0.2, -0.15) is 0 Å². The van der Waals surface area contributed by atoms with Gasteiger partial charge in [0.25, 0.3) is 0 Å². The van der Waals surface area contributed by atoms with Gasteiger partial charge in [0, 0.05) is 0 Å². The number of halogens is 1. The van der Waals surface area contributed by atoms with Crippen LogP contribution < -0.4 is 51.4 Å². The van der Waals surface area contributed by atoms with Crippen molar-refractivity contribution in [3.8, 4) is 0 Å². The Morgan fingerprint density at radius 3 is 1.20 bits per heavy atom. The molecule has 26 valence electrons. The van der Waals surface area contributed by atoms with Crippen molar-refractivity contribution in [1.29, 1.82) is 0 Å². The second kappa shape index (κ2) is 16.2. The van der Waals surface area contributed by atoms with Crippen molar-refractivity contribution >= 4 is 31.7 Å². The van der Waals surface area contributed by atoms with Crippen molar-refractivity contribution in [2.75, 3.05) is 0 Å². The first kappa shape index (κ1) is 15.7. The fourth-order valence-electron chi connectivity index (χ4n) is 0. The van der Waals surface area contributed by atoms with E-state index < -0.39 is 0 Å². The molecule has 0 aromatic rings. The molecule has 0 unspecified atom stereocenters. The standard InChI is InChI=1S/BH2O2.HI.K/c2-1-3;;/h2-3H;1H;/q-1;;+1. The van der Waals surface area contributed by atoms with Gasteiger partial charge in [0.15, 0.2) is 0 Å². The molecule has 0 aromatic carbocycles. The molecule has 0 saturated carbocycles. The molecular weight excluding hydrogens is 209 g/mol. The van der Waals surface area contributed by atoms with Crippen molar-refractivity contribution in [3.05, 3.63) is 0 Å². The number of hydrogen-bond acceptors (Lipinski definition) is 2. The summed E-state index contributed by atoms with van der Waals surface area (Å²) in [6, 6.07) is 0. The first-order chi connectivity index (χ1) is 1.41. The maximum absolute atomic E-state index is 7.00. The molecule has 0 aliphatic carbocycles. The van der Waals surface area contributed by atoms with Crippen LogP contribution in [0.1, 0.15) is 0 Å². The van der Waals surface area contributed by atoms with Crippen molar-refractivity contribution in [3.63, 3.8) is 0 Å². The van der Waals surface area contributed by atoms with E-state index in [-0.39, 0.29) is 83.0 Å². The molecule has 0 amide bonds. The van der Waals surface area contributed by atoms with Gasteiger partial charge in [-0.3, -0.25) is 0 Å². The molecule has 0 saturated heterocycles. The van der Waals surface area contributed by atoms with Gasteiger partial charge in [-0.1, -0.05) is 0 Å². The molecular formula is H3BIKO2. The van der Waals surface area contributed by atoms with Crippen molar-refractivity contribution in [2.24, 2.45) is 0 Å². The van der Waals surface area contributed by atoms with Gasteiger partial charge in [-0.05, 0) is 7.69 Å². The van der Waals surface area contributed by atoms with Crippen molar-refractivity contribution in [1.82, 2.24) is 0 Å². The largest absolute Gasteiger partial charge is 1.00 e. The third kappa shape index (κ3) is 21.8. The summed E-state index contributed by atoms with van der Waals surface area (Å²) in [7, 11) is 0. The van der Waals surface area contributed by atoms with E-state index in [9.17, 15) is 0 Å². The van der Waals surface area contributed by atoms with Crippen LogP contribution >= 0.6 is 24.0 Å². The number of hydrogen-bond donors (Lipinski definition) is 2. The maximum Gasteiger partial charge on any atom is 1.00 e. The molecule has 0 bridgehead atoms. The Hall–Kier alpha value is 2.35. The first-order valence-corrected chi connectivity index (χ1v) is 0.516. The van der Waals surface area contributed by atoms with Gasteiger partial charge >= 0.3 is 51.4 Å². The van der Waals surface area contributed by atoms with E-state index in [1.807, 2.05) is 0 Å². The van der Waals surface area contributed by atoms with E-state index in [2.05, 4.69) is 0 Å². The smallest absolute Gasteiger partial charge is 0.639 e. The van der Waals surface area contributed by atoms with Crippen LogP contribution in [0.4, 0.5) is 0 Å². The Bertz CT molecular complexity index is 9.61. The molecule has 0 atom stereocenters. The molecule has 0 rings (SSSR count). The molecule has 2 radical (unpaired) electrons. The average Bonchev–Trinajstić information content (AvgIpc) is 0.918. The summed E-state index contributed by atoms with van der Waals surface area (Å²) >= 11 is 0. The minimum atomic E-state index is 0. The zero-order chi connectivity index (χ0) is 2.71. The third-order valence-electron chi connectivity index (χ3n) is 0. The van der Waals surface area contributed by atoms with Crippen LogP contribution in [0.5, 0.6) is 0 Å². The summed E-state index contributed by atoms with van der Waals surface area (Å²) in [5, 5.41) is 14.0. The van der Waals surface area contributed by atoms with Gasteiger partial charge < -0.3 is 10.0 Å². The molecule has 0 aliphatic rings. The van der Waals surface area contributed by atoms with E-state index in [0.29, 0.717) is 0 Å². The monoisotopic (exact) mass is 212 g/mol. The Balaban J connectivity index is -0.0000000200. The molecule has 0 spiro atoms. The number of rotatable bonds is 0. The molecule has 0 aliphatic heterocycles. The summed E-state index contributed by atoms with van der Waals surface area (Å²) < 4.78 is 0. The summed E-state index contributed by atoms with van der Waals surface area (Å²) in [6.07, 6.45) is 0. The predicted octanol–water partition coefficient (Wildman–Crippen LogP) is -3.87. The topological polar surface area (TPSA) is 40.5 Å². The molecule has 0 aromatic heterocycles. The molecule has 0 heterocycles. The molecule has 5 heavy (non-hydrogen) atoms. The zero-order valence-electron chi connectivity index (χ0n) is 2.88. The Labute approximate surface area is 91.1 Å². The van der Waals surface area contributed by atoms with Gasteiger partial charge in [0.1, 0.15) is 0 Å². The van der Waals surface area contributed by atoms with Crippen LogP contribution in [0.15, 0.2) is 0 Å². The minimum Gasteiger partial charge on any atom is -0.639 e. The predicted molar refractivity (Wildman–Crippen MR) is 25.6 cm³/mol. The van der Waals surface area contributed by atoms with Crippen LogP contribution in [0.2, 0.25) is 0 Å². The molecule has 5 heteroatoms. The van der Waals surface area contributed by atoms with Crippen LogP contribution in [0.3, 0.4) is 0 Å². The van der Waals surface area contributed by atoms with Gasteiger partial charge in [-0.15, -0.1) is 24.0 Å². The Morgan fingerprint density at radius 2 is 1.20 bits per heavy atom. The van der Waals surface area contributed by atoms with E-state index in [0.717, 1.165) is 0 Å². The average molecular weight is 212 g/mol. The molecule has 2 N–H and O–H groups in total. The molecule has 0 fully saturated rings. The fourth-order valence-corrected chi connectivity index (χ4v) is 0. The zero-order valence-corrected chi connectivity index (χ0v) is 8.33. The Kier molecular flexibility index (Phi) is 50.7. The van der Waals surface area contributed by atoms with Crippen molar-refractivity contribution in [2.45, 2.75) is 0 Å². The fraction of sp³-hybridized carbons (Fsp3) is 0. The first-order valence-electron chi connectivity index (χ1n) is 0.516. The van der Waals surface area contributed by atoms with Crippen LogP contribution in [-0.4, -0.2) is 17.7 Å². The summed E-state index contributed by atoms with van der Waals surface area (Å²) in [6.45, 7) is 0. The summed E-state index contributed by atoms with van der Waals surface area (Å²) in [5.74, 6) is 0. The van der Waals surface area contributed by atoms with Crippen LogP contribution in [0.25, 0.3) is 0 Å². The van der Waals surface area contributed by atoms with E-state index in [1.54, 1.807) is 0 Å². The quantitative estimate of drug-likeness (QED) is 0.318. The van der Waals surface area contributed by atoms with E-state index in [4.69, 9.17) is 10.0 Å². The summed E-state index contributed by atoms with van der Waals surface area (Å²) in [4.78, 5) is 0. The van der Waals surface area contributed by atoms with Gasteiger partial charge in [-0.25, -0.2) is 0 Å². The molecule has 2 nitrogen and oxygen atoms in total. The van der Waals surface area contributed by atoms with Gasteiger partial charge in [0.2, 0.25) is 0 Å². The summed E-state index contributed by atoms with van der Waals surface area (Å²) in [5.41, 5.74) is 0. The van der Waals surface area contributed by atoms with Crippen LogP contribution in [-0.2, 0) is 0 Å². The second-order valence-corrected chi connectivity index (χ2v) is 0.115. The van der Waals surface area contributed by atoms with E-state index in [1.165, 1.54) is 0 Å². The van der Waals surface area contributed by atoms with Crippen LogP contribution in [0, 0.1) is 0 Å². The Morgan fingerprint density at radius 1 is 1.20 bits per heavy atom. The normalized spacial score (nSPS) is 3.60. The maximum atomic E-state index is 7.00.